The molecule has 3 aromatic carbocycles. The number of carboxylic acids is 1. The van der Waals surface area contributed by atoms with Crippen molar-refractivity contribution < 1.29 is 21.5 Å². The van der Waals surface area contributed by atoms with Crippen LogP contribution >= 0.6 is 0 Å². The summed E-state index contributed by atoms with van der Waals surface area (Å²) in [6, 6.07) is 10.8. The number of carbonyl (C=O) groups excluding carboxylic acids is 1. The zero-order valence-electron chi connectivity index (χ0n) is 19.4. The van der Waals surface area contributed by atoms with Crippen molar-refractivity contribution in [1.82, 2.24) is 4.57 Å². The van der Waals surface area contributed by atoms with Crippen LogP contribution in [0.2, 0.25) is 0 Å². The smallest absolute Gasteiger partial charge is 0.303 e. The second-order valence-corrected chi connectivity index (χ2v) is 6.22. The summed E-state index contributed by atoms with van der Waals surface area (Å²) in [6.07, 6.45) is -0.275. The summed E-state index contributed by atoms with van der Waals surface area (Å²) < 4.78 is 42.8. The molecule has 4 heteroatoms. The normalized spacial score (nSPS) is 13.7. The van der Waals surface area contributed by atoms with Crippen LogP contribution < -0.4 is 0 Å². The lowest BCUT2D eigenvalue weighted by Gasteiger charge is -2.05. The van der Waals surface area contributed by atoms with Gasteiger partial charge in [-0.2, -0.15) is 0 Å². The van der Waals surface area contributed by atoms with Crippen LogP contribution in [-0.2, 0) is 11.3 Å². The molecule has 0 amide bonds. The van der Waals surface area contributed by atoms with Gasteiger partial charge in [0, 0.05) is 41.2 Å². The number of hydrogen-bond donors (Lipinski definition) is 1. The highest BCUT2D eigenvalue weighted by molar-refractivity contribution is 6.21. The number of carbonyl (C=O) groups is 2. The largest absolute Gasteiger partial charge is 0.481 e. The molecule has 1 heterocycles. The predicted molar refractivity (Wildman–Crippen MR) is 106 cm³/mol. The maximum Gasteiger partial charge on any atom is 0.303 e. The van der Waals surface area contributed by atoms with E-state index in [-0.39, 0.29) is 48.1 Å². The van der Waals surface area contributed by atoms with Gasteiger partial charge in [-0.05, 0) is 23.2 Å². The highest BCUT2D eigenvalue weighted by Crippen LogP contribution is 2.27. The van der Waals surface area contributed by atoms with Crippen molar-refractivity contribution in [3.8, 4) is 0 Å². The molecule has 27 heavy (non-hydrogen) atoms. The van der Waals surface area contributed by atoms with Gasteiger partial charge >= 0.3 is 5.97 Å². The number of aliphatic carboxylic acids is 1. The number of fused-ring (bicyclic) bond motifs is 2. The average Bonchev–Trinajstić information content (AvgIpc) is 3.07. The Morgan fingerprint density at radius 2 is 1.74 bits per heavy atom. The van der Waals surface area contributed by atoms with Crippen LogP contribution in [0.4, 0.5) is 0 Å². The van der Waals surface area contributed by atoms with Crippen LogP contribution in [0.3, 0.4) is 0 Å². The van der Waals surface area contributed by atoms with Gasteiger partial charge in [-0.3, -0.25) is 9.59 Å². The fraction of sp³-hybridized carbons (Fsp3) is 0.130. The molecule has 0 atom stereocenters. The Hall–Kier alpha value is -3.40. The van der Waals surface area contributed by atoms with E-state index in [1.165, 1.54) is 4.57 Å². The van der Waals surface area contributed by atoms with Gasteiger partial charge in [0.05, 0.1) is 6.85 Å². The zero-order valence-corrected chi connectivity index (χ0v) is 14.4. The second kappa shape index (κ2) is 7.08. The van der Waals surface area contributed by atoms with Crippen molar-refractivity contribution >= 4 is 33.4 Å². The Labute approximate surface area is 163 Å². The molecule has 0 bridgehead atoms. The maximum absolute atomic E-state index is 13.7. The minimum atomic E-state index is -1.01. The standard InChI is InChI=1S/C23H19NO3/c25-22(26)13-6-14-24-15-20(18-10-3-4-12-21(18)24)23(27)19-11-5-8-16-7-1-2-9-17(16)19/h1-5,7-12,15H,6,13-14H2,(H,25,26)/i3D,4D,10D,12D,15D. The third-order valence-electron chi connectivity index (χ3n) is 4.47. The van der Waals surface area contributed by atoms with E-state index in [1.807, 2.05) is 18.2 Å². The van der Waals surface area contributed by atoms with Gasteiger partial charge in [-0.15, -0.1) is 0 Å². The molecule has 0 aliphatic heterocycles. The Bertz CT molecular complexity index is 1410. The Balaban J connectivity index is 2.01. The van der Waals surface area contributed by atoms with E-state index >= 15 is 0 Å². The number of carboxylic acid groups (broad SMARTS) is 1. The number of benzene rings is 3. The maximum atomic E-state index is 13.7. The molecule has 4 nitrogen and oxygen atoms in total. The van der Waals surface area contributed by atoms with Crippen molar-refractivity contribution in [3.05, 3.63) is 83.9 Å². The van der Waals surface area contributed by atoms with Crippen molar-refractivity contribution in [2.75, 3.05) is 0 Å². The summed E-state index contributed by atoms with van der Waals surface area (Å²) in [5.41, 5.74) is 0.252. The number of ketones is 1. The molecule has 0 unspecified atom stereocenters. The predicted octanol–water partition coefficient (Wildman–Crippen LogP) is 4.89. The van der Waals surface area contributed by atoms with Crippen molar-refractivity contribution in [1.29, 1.82) is 0 Å². The minimum absolute atomic E-state index is 0.0192. The SMILES string of the molecule is [2H]c1c([2H])c([2H])c2c(c1[2H])c(C(=O)c1cccc3ccccc13)c([2H])n2CCCC(=O)O. The van der Waals surface area contributed by atoms with Gasteiger partial charge in [0.25, 0.3) is 0 Å². The number of hydrogen-bond acceptors (Lipinski definition) is 2. The molecule has 0 saturated heterocycles. The highest BCUT2D eigenvalue weighted by atomic mass is 16.4. The Morgan fingerprint density at radius 3 is 2.59 bits per heavy atom. The molecule has 4 aromatic rings. The molecule has 0 aliphatic carbocycles. The van der Waals surface area contributed by atoms with E-state index in [0.29, 0.717) is 10.9 Å². The van der Waals surface area contributed by atoms with Crippen LogP contribution in [0.5, 0.6) is 0 Å². The lowest BCUT2D eigenvalue weighted by Crippen LogP contribution is -2.03. The number of rotatable bonds is 6. The van der Waals surface area contributed by atoms with E-state index in [9.17, 15) is 9.59 Å². The van der Waals surface area contributed by atoms with Crippen LogP contribution in [0.25, 0.3) is 21.7 Å². The lowest BCUT2D eigenvalue weighted by molar-refractivity contribution is -0.137. The third-order valence-corrected chi connectivity index (χ3v) is 4.47. The molecular formula is C23H19NO3. The first kappa shape index (κ1) is 12.1. The number of aromatic nitrogens is 1. The third kappa shape index (κ3) is 3.22. The summed E-state index contributed by atoms with van der Waals surface area (Å²) in [7, 11) is 0. The number of aryl methyl sites for hydroxylation is 1. The zero-order chi connectivity index (χ0) is 23.2. The van der Waals surface area contributed by atoms with Crippen molar-refractivity contribution in [3.63, 3.8) is 0 Å². The molecule has 1 aromatic heterocycles. The minimum Gasteiger partial charge on any atom is -0.481 e. The summed E-state index contributed by atoms with van der Waals surface area (Å²) in [4.78, 5) is 24.6. The van der Waals surface area contributed by atoms with Gasteiger partial charge < -0.3 is 9.67 Å². The molecule has 0 spiro atoms. The van der Waals surface area contributed by atoms with Crippen LogP contribution in [0.1, 0.15) is 35.6 Å². The first-order chi connectivity index (χ1) is 15.2. The van der Waals surface area contributed by atoms with E-state index in [2.05, 4.69) is 0 Å². The van der Waals surface area contributed by atoms with Crippen LogP contribution in [0, 0.1) is 0 Å². The van der Waals surface area contributed by atoms with Gasteiger partial charge in [0.2, 0.25) is 0 Å². The van der Waals surface area contributed by atoms with Crippen LogP contribution in [-0.4, -0.2) is 21.4 Å². The molecular weight excluding hydrogens is 338 g/mol. The van der Waals surface area contributed by atoms with Gasteiger partial charge in [-0.25, -0.2) is 0 Å². The van der Waals surface area contributed by atoms with Gasteiger partial charge in [0.15, 0.2) is 5.78 Å². The Morgan fingerprint density at radius 1 is 0.963 bits per heavy atom. The molecule has 1 N–H and O–H groups in total. The van der Waals surface area contributed by atoms with Gasteiger partial charge in [-0.1, -0.05) is 60.6 Å². The molecule has 4 rings (SSSR count). The molecule has 0 saturated carbocycles. The quantitative estimate of drug-likeness (QED) is 0.497. The summed E-state index contributed by atoms with van der Waals surface area (Å²) in [5, 5.41) is 10.4. The van der Waals surface area contributed by atoms with E-state index in [1.54, 1.807) is 24.3 Å². The summed E-state index contributed by atoms with van der Waals surface area (Å²) in [5.74, 6) is -1.53. The number of para-hydroxylation sites is 1. The fourth-order valence-corrected chi connectivity index (χ4v) is 3.21. The molecule has 0 fully saturated rings. The lowest BCUT2D eigenvalue weighted by atomic mass is 9.97. The van der Waals surface area contributed by atoms with E-state index in [4.69, 9.17) is 12.0 Å². The molecule has 0 aliphatic rings. The monoisotopic (exact) mass is 362 g/mol. The second-order valence-electron chi connectivity index (χ2n) is 6.22. The van der Waals surface area contributed by atoms with Crippen molar-refractivity contribution in [2.45, 2.75) is 19.4 Å². The Kier molecular flexibility index (Phi) is 3.16. The first-order valence-corrected chi connectivity index (χ1v) is 8.57. The van der Waals surface area contributed by atoms with Crippen molar-refractivity contribution in [2.24, 2.45) is 0 Å². The highest BCUT2D eigenvalue weighted by Gasteiger charge is 2.18. The van der Waals surface area contributed by atoms with E-state index < -0.39 is 29.9 Å². The van der Waals surface area contributed by atoms with E-state index in [0.717, 1.165) is 5.39 Å². The molecule has 0 radical (unpaired) electrons. The molecule has 134 valence electrons. The number of nitrogens with zero attached hydrogens (tertiary/aromatic N) is 1. The summed E-state index contributed by atoms with van der Waals surface area (Å²) in [6.45, 7) is 0.0343. The van der Waals surface area contributed by atoms with Crippen LogP contribution in [0.15, 0.2) is 72.8 Å². The summed E-state index contributed by atoms with van der Waals surface area (Å²) >= 11 is 0. The topological polar surface area (TPSA) is 59.3 Å². The average molecular weight is 362 g/mol. The fourth-order valence-electron chi connectivity index (χ4n) is 3.21. The first-order valence-electron chi connectivity index (χ1n) is 11.1. The van der Waals surface area contributed by atoms with Gasteiger partial charge in [0.1, 0.15) is 0 Å².